The third-order valence-corrected chi connectivity index (χ3v) is 3.03. The molecule has 21 heavy (non-hydrogen) atoms. The Morgan fingerprint density at radius 3 is 2.57 bits per heavy atom. The molecule has 3 aromatic rings. The van der Waals surface area contributed by atoms with Gasteiger partial charge in [-0.25, -0.2) is 14.4 Å². The van der Waals surface area contributed by atoms with Crippen molar-refractivity contribution in [3.05, 3.63) is 65.4 Å². The predicted molar refractivity (Wildman–Crippen MR) is 78.5 cm³/mol. The van der Waals surface area contributed by atoms with Gasteiger partial charge in [-0.3, -0.25) is 0 Å². The zero-order valence-corrected chi connectivity index (χ0v) is 11.6. The maximum absolute atomic E-state index is 12.8. The number of nitrogens with zero attached hydrogens (tertiary/aromatic N) is 2. The van der Waals surface area contributed by atoms with Gasteiger partial charge in [-0.15, -0.1) is 0 Å². The van der Waals surface area contributed by atoms with Crippen LogP contribution in [0.3, 0.4) is 0 Å². The zero-order valence-electron chi connectivity index (χ0n) is 10.9. The van der Waals surface area contributed by atoms with E-state index >= 15 is 0 Å². The molecule has 0 aliphatic rings. The Hall–Kier alpha value is -2.40. The van der Waals surface area contributed by atoms with Crippen molar-refractivity contribution in [1.29, 1.82) is 0 Å². The van der Waals surface area contributed by atoms with Crippen LogP contribution in [-0.4, -0.2) is 9.97 Å². The van der Waals surface area contributed by atoms with E-state index in [0.29, 0.717) is 28.9 Å². The molecule has 0 unspecified atom stereocenters. The van der Waals surface area contributed by atoms with Crippen LogP contribution < -0.4 is 5.32 Å². The van der Waals surface area contributed by atoms with Gasteiger partial charge in [0, 0.05) is 11.9 Å². The molecular formula is C15H11ClFN3O. The van der Waals surface area contributed by atoms with E-state index in [0.717, 1.165) is 5.69 Å². The van der Waals surface area contributed by atoms with Crippen molar-refractivity contribution in [2.75, 3.05) is 5.32 Å². The molecule has 106 valence electrons. The lowest BCUT2D eigenvalue weighted by molar-refractivity contribution is 0.524. The molecule has 4 nitrogen and oxygen atoms in total. The van der Waals surface area contributed by atoms with Crippen LogP contribution in [-0.2, 0) is 6.54 Å². The largest absolute Gasteiger partial charge is 0.438 e. The smallest absolute Gasteiger partial charge is 0.245 e. The highest BCUT2D eigenvalue weighted by Crippen LogP contribution is 2.19. The molecule has 0 saturated heterocycles. The molecule has 0 amide bonds. The summed E-state index contributed by atoms with van der Waals surface area (Å²) >= 11 is 5.78. The summed E-state index contributed by atoms with van der Waals surface area (Å²) in [6.07, 6.45) is 3.17. The molecule has 0 fully saturated rings. The molecule has 0 saturated carbocycles. The van der Waals surface area contributed by atoms with E-state index in [1.165, 1.54) is 18.3 Å². The molecule has 1 aromatic carbocycles. The summed E-state index contributed by atoms with van der Waals surface area (Å²) in [5, 5.41) is 3.68. The summed E-state index contributed by atoms with van der Waals surface area (Å²) in [6, 6.07) is 9.58. The molecular weight excluding hydrogens is 293 g/mol. The first kappa shape index (κ1) is 13.6. The molecule has 0 bridgehead atoms. The van der Waals surface area contributed by atoms with Gasteiger partial charge >= 0.3 is 0 Å². The van der Waals surface area contributed by atoms with Crippen LogP contribution in [0.5, 0.6) is 0 Å². The first-order valence-electron chi connectivity index (χ1n) is 6.27. The fourth-order valence-corrected chi connectivity index (χ4v) is 1.88. The number of benzene rings is 1. The van der Waals surface area contributed by atoms with Gasteiger partial charge in [-0.1, -0.05) is 11.6 Å². The van der Waals surface area contributed by atoms with E-state index in [1.54, 1.807) is 30.5 Å². The van der Waals surface area contributed by atoms with Crippen molar-refractivity contribution in [1.82, 2.24) is 9.97 Å². The highest BCUT2D eigenvalue weighted by atomic mass is 35.5. The molecule has 0 aliphatic carbocycles. The third-order valence-electron chi connectivity index (χ3n) is 2.81. The van der Waals surface area contributed by atoms with Gasteiger partial charge in [0.2, 0.25) is 5.89 Å². The Morgan fingerprint density at radius 2 is 1.86 bits per heavy atom. The van der Waals surface area contributed by atoms with E-state index < -0.39 is 0 Å². The molecule has 3 rings (SSSR count). The van der Waals surface area contributed by atoms with Crippen LogP contribution in [0, 0.1) is 5.82 Å². The van der Waals surface area contributed by atoms with Crippen molar-refractivity contribution in [2.45, 2.75) is 6.54 Å². The van der Waals surface area contributed by atoms with Crippen molar-refractivity contribution in [3.8, 4) is 11.6 Å². The molecule has 1 N–H and O–H groups in total. The molecule has 2 heterocycles. The van der Waals surface area contributed by atoms with Gasteiger partial charge in [-0.05, 0) is 36.4 Å². The molecule has 6 heteroatoms. The summed E-state index contributed by atoms with van der Waals surface area (Å²) in [6.45, 7) is 0.451. The first-order chi connectivity index (χ1) is 10.2. The lowest BCUT2D eigenvalue weighted by Crippen LogP contribution is -1.97. The van der Waals surface area contributed by atoms with Crippen LogP contribution in [0.15, 0.2) is 53.2 Å². The minimum Gasteiger partial charge on any atom is -0.438 e. The van der Waals surface area contributed by atoms with Crippen molar-refractivity contribution in [2.24, 2.45) is 0 Å². The summed E-state index contributed by atoms with van der Waals surface area (Å²) in [5.74, 6) is 0.824. The third kappa shape index (κ3) is 3.38. The van der Waals surface area contributed by atoms with Gasteiger partial charge in [-0.2, -0.15) is 0 Å². The summed E-state index contributed by atoms with van der Waals surface area (Å²) in [4.78, 5) is 8.31. The number of halogens is 2. The fourth-order valence-electron chi connectivity index (χ4n) is 1.77. The first-order valence-corrected chi connectivity index (χ1v) is 6.64. The second kappa shape index (κ2) is 5.93. The van der Waals surface area contributed by atoms with Gasteiger partial charge in [0.15, 0.2) is 0 Å². The van der Waals surface area contributed by atoms with Gasteiger partial charge in [0.25, 0.3) is 0 Å². The second-order valence-electron chi connectivity index (χ2n) is 4.35. The number of oxazole rings is 1. The maximum atomic E-state index is 12.8. The summed E-state index contributed by atoms with van der Waals surface area (Å²) in [5.41, 5.74) is 1.42. The molecule has 0 spiro atoms. The minimum absolute atomic E-state index is 0.267. The van der Waals surface area contributed by atoms with E-state index in [9.17, 15) is 4.39 Å². The number of anilines is 1. The van der Waals surface area contributed by atoms with Gasteiger partial charge in [0.1, 0.15) is 17.3 Å². The van der Waals surface area contributed by atoms with E-state index in [2.05, 4.69) is 15.3 Å². The van der Waals surface area contributed by atoms with Crippen LogP contribution in [0.2, 0.25) is 5.02 Å². The number of rotatable bonds is 4. The molecule has 0 atom stereocenters. The van der Waals surface area contributed by atoms with Gasteiger partial charge < -0.3 is 9.73 Å². The van der Waals surface area contributed by atoms with Crippen LogP contribution in [0.1, 0.15) is 5.76 Å². The van der Waals surface area contributed by atoms with E-state index in [1.807, 2.05) is 0 Å². The van der Waals surface area contributed by atoms with E-state index in [4.69, 9.17) is 16.0 Å². The number of hydrogen-bond acceptors (Lipinski definition) is 4. The summed E-state index contributed by atoms with van der Waals surface area (Å²) in [7, 11) is 0. The number of pyridine rings is 1. The number of hydrogen-bond donors (Lipinski definition) is 1. The normalized spacial score (nSPS) is 10.6. The average Bonchev–Trinajstić information content (AvgIpc) is 2.96. The van der Waals surface area contributed by atoms with Crippen LogP contribution in [0.25, 0.3) is 11.6 Å². The fraction of sp³-hybridized carbons (Fsp3) is 0.0667. The second-order valence-corrected chi connectivity index (χ2v) is 4.79. The lowest BCUT2D eigenvalue weighted by Gasteiger charge is -2.03. The van der Waals surface area contributed by atoms with Crippen molar-refractivity contribution >= 4 is 17.3 Å². The number of nitrogens with one attached hydrogen (secondary N) is 1. The SMILES string of the molecule is Fc1ccc(NCc2cnc(-c3ccc(Cl)cn3)o2)cc1. The minimum atomic E-state index is -0.267. The Balaban J connectivity index is 1.67. The van der Waals surface area contributed by atoms with Crippen molar-refractivity contribution < 1.29 is 8.81 Å². The van der Waals surface area contributed by atoms with E-state index in [-0.39, 0.29) is 5.82 Å². The monoisotopic (exact) mass is 303 g/mol. The highest BCUT2D eigenvalue weighted by Gasteiger charge is 2.07. The van der Waals surface area contributed by atoms with Crippen molar-refractivity contribution in [3.63, 3.8) is 0 Å². The number of aromatic nitrogens is 2. The summed E-state index contributed by atoms with van der Waals surface area (Å²) < 4.78 is 18.4. The van der Waals surface area contributed by atoms with Gasteiger partial charge in [0.05, 0.1) is 17.8 Å². The van der Waals surface area contributed by atoms with Crippen LogP contribution >= 0.6 is 11.6 Å². The predicted octanol–water partition coefficient (Wildman–Crippen LogP) is 4.14. The molecule has 0 radical (unpaired) electrons. The Labute approximate surface area is 125 Å². The Kier molecular flexibility index (Phi) is 3.83. The molecule has 2 aromatic heterocycles. The highest BCUT2D eigenvalue weighted by molar-refractivity contribution is 6.30. The lowest BCUT2D eigenvalue weighted by atomic mass is 10.3. The Bertz CT molecular complexity index is 725. The van der Waals surface area contributed by atoms with Crippen LogP contribution in [0.4, 0.5) is 10.1 Å². The Morgan fingerprint density at radius 1 is 1.05 bits per heavy atom. The quantitative estimate of drug-likeness (QED) is 0.787. The average molecular weight is 304 g/mol. The maximum Gasteiger partial charge on any atom is 0.245 e. The topological polar surface area (TPSA) is 51.0 Å². The zero-order chi connectivity index (χ0) is 14.7. The molecule has 0 aliphatic heterocycles. The standard InChI is InChI=1S/C15H11ClFN3O/c16-10-1-6-14(19-7-10)15-20-9-13(21-15)8-18-12-4-2-11(17)3-5-12/h1-7,9,18H,8H2.